The van der Waals surface area contributed by atoms with Crippen molar-refractivity contribution in [3.63, 3.8) is 0 Å². The molecular formula is C15H15BrN2O2. The minimum Gasteiger partial charge on any atom is -0.398 e. The Balaban J connectivity index is 2.00. The molecule has 0 aliphatic rings. The Hall–Kier alpha value is -1.85. The van der Waals surface area contributed by atoms with Crippen molar-refractivity contribution in [2.45, 2.75) is 13.2 Å². The van der Waals surface area contributed by atoms with Gasteiger partial charge in [0.15, 0.2) is 0 Å². The van der Waals surface area contributed by atoms with Crippen LogP contribution in [-0.2, 0) is 13.2 Å². The SMILES string of the molecule is Nc1cc(Br)ccc1C(=O)NCc1ccc(CO)cc1. The number of nitrogens with one attached hydrogen (secondary N) is 1. The van der Waals surface area contributed by atoms with E-state index >= 15 is 0 Å². The quantitative estimate of drug-likeness (QED) is 0.752. The maximum absolute atomic E-state index is 12.0. The van der Waals surface area contributed by atoms with Gasteiger partial charge in [0.25, 0.3) is 5.91 Å². The van der Waals surface area contributed by atoms with Crippen molar-refractivity contribution in [2.75, 3.05) is 5.73 Å². The Morgan fingerprint density at radius 1 is 1.15 bits per heavy atom. The van der Waals surface area contributed by atoms with Crippen LogP contribution in [0, 0.1) is 0 Å². The van der Waals surface area contributed by atoms with Crippen LogP contribution in [0.15, 0.2) is 46.9 Å². The first-order valence-electron chi connectivity index (χ1n) is 6.12. The lowest BCUT2D eigenvalue weighted by atomic mass is 10.1. The largest absolute Gasteiger partial charge is 0.398 e. The predicted molar refractivity (Wildman–Crippen MR) is 82.1 cm³/mol. The molecule has 0 aliphatic heterocycles. The fourth-order valence-corrected chi connectivity index (χ4v) is 2.16. The molecule has 0 bridgehead atoms. The van der Waals surface area contributed by atoms with Crippen molar-refractivity contribution < 1.29 is 9.90 Å². The fourth-order valence-electron chi connectivity index (χ4n) is 1.78. The molecule has 0 aliphatic carbocycles. The van der Waals surface area contributed by atoms with Crippen LogP contribution in [-0.4, -0.2) is 11.0 Å². The van der Waals surface area contributed by atoms with Crippen molar-refractivity contribution in [3.05, 3.63) is 63.6 Å². The summed E-state index contributed by atoms with van der Waals surface area (Å²) in [6, 6.07) is 12.6. The van der Waals surface area contributed by atoms with Gasteiger partial charge in [-0.3, -0.25) is 4.79 Å². The minimum absolute atomic E-state index is 0.0159. The zero-order valence-corrected chi connectivity index (χ0v) is 12.4. The Morgan fingerprint density at radius 2 is 1.80 bits per heavy atom. The number of hydrogen-bond acceptors (Lipinski definition) is 3. The molecular weight excluding hydrogens is 320 g/mol. The van der Waals surface area contributed by atoms with E-state index in [2.05, 4.69) is 21.2 Å². The molecule has 0 fully saturated rings. The third-order valence-electron chi connectivity index (χ3n) is 2.92. The Labute approximate surface area is 125 Å². The lowest BCUT2D eigenvalue weighted by Gasteiger charge is -2.08. The molecule has 0 atom stereocenters. The zero-order valence-electron chi connectivity index (χ0n) is 10.8. The second-order valence-electron chi connectivity index (χ2n) is 4.39. The monoisotopic (exact) mass is 334 g/mol. The molecule has 0 heterocycles. The van der Waals surface area contributed by atoms with Gasteiger partial charge in [0, 0.05) is 16.7 Å². The molecule has 2 aromatic carbocycles. The molecule has 0 radical (unpaired) electrons. The van der Waals surface area contributed by atoms with Crippen molar-refractivity contribution in [3.8, 4) is 0 Å². The molecule has 4 nitrogen and oxygen atoms in total. The molecule has 5 heteroatoms. The summed E-state index contributed by atoms with van der Waals surface area (Å²) in [7, 11) is 0. The first kappa shape index (κ1) is 14.6. The van der Waals surface area contributed by atoms with Crippen LogP contribution in [0.4, 0.5) is 5.69 Å². The Morgan fingerprint density at radius 3 is 2.40 bits per heavy atom. The molecule has 0 unspecified atom stereocenters. The maximum atomic E-state index is 12.0. The highest BCUT2D eigenvalue weighted by atomic mass is 79.9. The van der Waals surface area contributed by atoms with Gasteiger partial charge in [0.2, 0.25) is 0 Å². The number of aliphatic hydroxyl groups is 1. The lowest BCUT2D eigenvalue weighted by Crippen LogP contribution is -2.23. The van der Waals surface area contributed by atoms with E-state index in [1.54, 1.807) is 18.2 Å². The van der Waals surface area contributed by atoms with Crippen LogP contribution < -0.4 is 11.1 Å². The number of benzene rings is 2. The number of carbonyl (C=O) groups excluding carboxylic acids is 1. The molecule has 0 aromatic heterocycles. The molecule has 2 aromatic rings. The minimum atomic E-state index is -0.207. The summed E-state index contributed by atoms with van der Waals surface area (Å²) in [5, 5.41) is 11.8. The number of nitrogens with two attached hydrogens (primary N) is 1. The summed E-state index contributed by atoms with van der Waals surface area (Å²) in [4.78, 5) is 12.0. The highest BCUT2D eigenvalue weighted by molar-refractivity contribution is 9.10. The highest BCUT2D eigenvalue weighted by Crippen LogP contribution is 2.18. The van der Waals surface area contributed by atoms with E-state index in [1.807, 2.05) is 24.3 Å². The van der Waals surface area contributed by atoms with Crippen molar-refractivity contribution >= 4 is 27.5 Å². The summed E-state index contributed by atoms with van der Waals surface area (Å²) >= 11 is 3.30. The van der Waals surface area contributed by atoms with Gasteiger partial charge < -0.3 is 16.2 Å². The van der Waals surface area contributed by atoms with Gasteiger partial charge in [-0.1, -0.05) is 40.2 Å². The first-order chi connectivity index (χ1) is 9.60. The van der Waals surface area contributed by atoms with Gasteiger partial charge >= 0.3 is 0 Å². The number of hydrogen-bond donors (Lipinski definition) is 3. The Kier molecular flexibility index (Phi) is 4.76. The van der Waals surface area contributed by atoms with Crippen LogP contribution in [0.5, 0.6) is 0 Å². The number of carbonyl (C=O) groups is 1. The van der Waals surface area contributed by atoms with E-state index < -0.39 is 0 Å². The molecule has 1 amide bonds. The summed E-state index contributed by atoms with van der Waals surface area (Å²) in [6.45, 7) is 0.433. The standard InChI is InChI=1S/C15H15BrN2O2/c16-12-5-6-13(14(17)7-12)15(20)18-8-10-1-3-11(9-19)4-2-10/h1-7,19H,8-9,17H2,(H,18,20). The van der Waals surface area contributed by atoms with Crippen LogP contribution in [0.3, 0.4) is 0 Å². The second kappa shape index (κ2) is 6.54. The van der Waals surface area contributed by atoms with E-state index in [-0.39, 0.29) is 12.5 Å². The zero-order chi connectivity index (χ0) is 14.5. The third kappa shape index (κ3) is 3.59. The number of rotatable bonds is 4. The number of nitrogen functional groups attached to an aromatic ring is 1. The van der Waals surface area contributed by atoms with E-state index in [9.17, 15) is 4.79 Å². The summed E-state index contributed by atoms with van der Waals surface area (Å²) in [5.41, 5.74) is 8.52. The Bertz CT molecular complexity index is 612. The topological polar surface area (TPSA) is 75.4 Å². The smallest absolute Gasteiger partial charge is 0.253 e. The van der Waals surface area contributed by atoms with Crippen molar-refractivity contribution in [2.24, 2.45) is 0 Å². The van der Waals surface area contributed by atoms with E-state index in [4.69, 9.17) is 10.8 Å². The number of amides is 1. The summed E-state index contributed by atoms with van der Waals surface area (Å²) in [6.07, 6.45) is 0. The number of anilines is 1. The average Bonchev–Trinajstić information content (AvgIpc) is 2.45. The molecule has 104 valence electrons. The molecule has 4 N–H and O–H groups in total. The van der Waals surface area contributed by atoms with Gasteiger partial charge in [0.1, 0.15) is 0 Å². The molecule has 2 rings (SSSR count). The summed E-state index contributed by atoms with van der Waals surface area (Å²) in [5.74, 6) is -0.207. The molecule has 0 saturated heterocycles. The van der Waals surface area contributed by atoms with Crippen molar-refractivity contribution in [1.82, 2.24) is 5.32 Å². The van der Waals surface area contributed by atoms with Gasteiger partial charge in [-0.05, 0) is 29.3 Å². The van der Waals surface area contributed by atoms with Gasteiger partial charge in [-0.2, -0.15) is 0 Å². The van der Waals surface area contributed by atoms with E-state index in [1.165, 1.54) is 0 Å². The third-order valence-corrected chi connectivity index (χ3v) is 3.41. The van der Waals surface area contributed by atoms with E-state index in [0.29, 0.717) is 17.8 Å². The van der Waals surface area contributed by atoms with E-state index in [0.717, 1.165) is 15.6 Å². The number of halogens is 1. The fraction of sp³-hybridized carbons (Fsp3) is 0.133. The molecule has 0 spiro atoms. The van der Waals surface area contributed by atoms with Gasteiger partial charge in [0.05, 0.1) is 12.2 Å². The maximum Gasteiger partial charge on any atom is 0.253 e. The van der Waals surface area contributed by atoms with Crippen molar-refractivity contribution in [1.29, 1.82) is 0 Å². The number of aliphatic hydroxyl groups excluding tert-OH is 1. The molecule has 0 saturated carbocycles. The van der Waals surface area contributed by atoms with Gasteiger partial charge in [-0.25, -0.2) is 0 Å². The van der Waals surface area contributed by atoms with Gasteiger partial charge in [-0.15, -0.1) is 0 Å². The average molecular weight is 335 g/mol. The van der Waals surface area contributed by atoms with Crippen LogP contribution in [0.25, 0.3) is 0 Å². The van der Waals surface area contributed by atoms with Crippen LogP contribution in [0.1, 0.15) is 21.5 Å². The lowest BCUT2D eigenvalue weighted by molar-refractivity contribution is 0.0952. The van der Waals surface area contributed by atoms with Crippen LogP contribution >= 0.6 is 15.9 Å². The molecule has 20 heavy (non-hydrogen) atoms. The predicted octanol–water partition coefficient (Wildman–Crippen LogP) is 2.45. The van der Waals surface area contributed by atoms with Crippen LogP contribution in [0.2, 0.25) is 0 Å². The second-order valence-corrected chi connectivity index (χ2v) is 5.30. The first-order valence-corrected chi connectivity index (χ1v) is 6.91. The highest BCUT2D eigenvalue weighted by Gasteiger charge is 2.09. The summed E-state index contributed by atoms with van der Waals surface area (Å²) < 4.78 is 0.839. The normalized spacial score (nSPS) is 10.3.